The van der Waals surface area contributed by atoms with Gasteiger partial charge in [-0.2, -0.15) is 0 Å². The molecule has 2 aliphatic carbocycles. The number of ether oxygens (including phenoxy) is 3. The highest BCUT2D eigenvalue weighted by Gasteiger charge is 2.57. The number of hydrogen-bond acceptors (Lipinski definition) is 9. The van der Waals surface area contributed by atoms with Gasteiger partial charge in [-0.1, -0.05) is 36.1 Å². The van der Waals surface area contributed by atoms with Crippen LogP contribution in [-0.4, -0.2) is 107 Å². The molecule has 3 amide bonds. The number of carbonyl (C=O) groups excluding carboxylic acids is 4. The van der Waals surface area contributed by atoms with Crippen LogP contribution in [0.4, 0.5) is 0 Å². The summed E-state index contributed by atoms with van der Waals surface area (Å²) in [6.07, 6.45) is 11.6. The van der Waals surface area contributed by atoms with Crippen LogP contribution in [0.2, 0.25) is 0 Å². The molecule has 2 saturated carbocycles. The molecule has 3 aromatic rings. The lowest BCUT2D eigenvalue weighted by atomic mass is 9.82. The fraction of sp³-hybridized carbons (Fsp3) is 0.520. The van der Waals surface area contributed by atoms with Crippen LogP contribution in [0.3, 0.4) is 0 Å². The molecule has 4 saturated heterocycles. The Labute approximate surface area is 368 Å². The highest BCUT2D eigenvalue weighted by Crippen LogP contribution is 2.54. The topological polar surface area (TPSA) is 156 Å². The Bertz CT molecular complexity index is 2370. The quantitative estimate of drug-likeness (QED) is 0.183. The van der Waals surface area contributed by atoms with Gasteiger partial charge in [0.2, 0.25) is 17.7 Å². The summed E-state index contributed by atoms with van der Waals surface area (Å²) in [4.78, 5) is 70.3. The van der Waals surface area contributed by atoms with Crippen molar-refractivity contribution in [3.8, 4) is 23.2 Å². The molecule has 0 spiro atoms. The largest absolute Gasteiger partial charge is 0.469 e. The molecule has 328 valence electrons. The molecule has 2 aromatic carbocycles. The van der Waals surface area contributed by atoms with Gasteiger partial charge in [0, 0.05) is 74.7 Å². The molecular weight excluding hydrogens is 797 g/mol. The maximum absolute atomic E-state index is 14.3. The second-order valence-corrected chi connectivity index (χ2v) is 18.6. The second-order valence-electron chi connectivity index (χ2n) is 18.6. The van der Waals surface area contributed by atoms with Crippen LogP contribution in [0.1, 0.15) is 99.6 Å². The third-order valence-electron chi connectivity index (χ3n) is 14.7. The number of esters is 1. The number of carbonyl (C=O) groups is 4. The Morgan fingerprint density at radius 3 is 2.00 bits per heavy atom. The minimum Gasteiger partial charge on any atom is -0.469 e. The summed E-state index contributed by atoms with van der Waals surface area (Å²) < 4.78 is 16.2. The van der Waals surface area contributed by atoms with Gasteiger partial charge in [0.15, 0.2) is 0 Å². The fourth-order valence-electron chi connectivity index (χ4n) is 11.1. The van der Waals surface area contributed by atoms with Gasteiger partial charge in [0.1, 0.15) is 11.9 Å². The van der Waals surface area contributed by atoms with Crippen LogP contribution in [-0.2, 0) is 33.4 Å². The van der Waals surface area contributed by atoms with E-state index >= 15 is 0 Å². The minimum absolute atomic E-state index is 0.00478. The summed E-state index contributed by atoms with van der Waals surface area (Å²) >= 11 is 0. The summed E-state index contributed by atoms with van der Waals surface area (Å²) in [6, 6.07) is 16.0. The minimum atomic E-state index is -0.545. The average molecular weight is 853 g/mol. The lowest BCUT2D eigenvalue weighted by Gasteiger charge is -2.36. The highest BCUT2D eigenvalue weighted by atomic mass is 16.5. The predicted molar refractivity (Wildman–Crippen MR) is 234 cm³/mol. The molecule has 13 heteroatoms. The first-order valence-corrected chi connectivity index (χ1v) is 22.9. The van der Waals surface area contributed by atoms with Crippen molar-refractivity contribution in [3.63, 3.8) is 0 Å². The first-order valence-electron chi connectivity index (χ1n) is 22.9. The van der Waals surface area contributed by atoms with Gasteiger partial charge in [-0.05, 0) is 110 Å². The van der Waals surface area contributed by atoms with Gasteiger partial charge in [0.25, 0.3) is 0 Å². The second kappa shape index (κ2) is 17.5. The van der Waals surface area contributed by atoms with E-state index in [4.69, 9.17) is 24.2 Å². The number of amides is 3. The summed E-state index contributed by atoms with van der Waals surface area (Å²) in [5.41, 5.74) is 6.82. The van der Waals surface area contributed by atoms with Gasteiger partial charge in [0.05, 0.1) is 49.1 Å². The Kier molecular flexibility index (Phi) is 11.5. The van der Waals surface area contributed by atoms with Crippen LogP contribution >= 0.6 is 0 Å². The summed E-state index contributed by atoms with van der Waals surface area (Å²) in [6.45, 7) is 3.93. The number of aliphatic imine (C=N–C) groups is 1. The van der Waals surface area contributed by atoms with E-state index in [2.05, 4.69) is 39.2 Å². The number of piperidine rings is 2. The first kappa shape index (κ1) is 41.4. The monoisotopic (exact) mass is 852 g/mol. The van der Waals surface area contributed by atoms with Crippen molar-refractivity contribution in [3.05, 3.63) is 88.9 Å². The van der Waals surface area contributed by atoms with E-state index in [0.29, 0.717) is 44.7 Å². The van der Waals surface area contributed by atoms with E-state index in [-0.39, 0.29) is 72.0 Å². The molecule has 10 rings (SSSR count). The van der Waals surface area contributed by atoms with E-state index in [1.54, 1.807) is 0 Å². The maximum atomic E-state index is 14.3. The third-order valence-corrected chi connectivity index (χ3v) is 14.7. The predicted octanol–water partition coefficient (Wildman–Crippen LogP) is 5.74. The molecule has 13 nitrogen and oxygen atoms in total. The van der Waals surface area contributed by atoms with E-state index in [1.165, 1.54) is 14.0 Å². The van der Waals surface area contributed by atoms with Crippen molar-refractivity contribution in [2.75, 3.05) is 33.5 Å². The van der Waals surface area contributed by atoms with Crippen molar-refractivity contribution in [1.82, 2.24) is 25.1 Å². The molecule has 0 radical (unpaired) electrons. The number of nitrogens with zero attached hydrogens (tertiary/aromatic N) is 4. The number of aromatic nitrogens is 2. The molecule has 63 heavy (non-hydrogen) atoms. The van der Waals surface area contributed by atoms with Gasteiger partial charge >= 0.3 is 5.97 Å². The Morgan fingerprint density at radius 2 is 1.38 bits per heavy atom. The summed E-state index contributed by atoms with van der Waals surface area (Å²) in [5, 5.41) is 2.99. The number of hydrogen-bond donors (Lipinski definition) is 2. The maximum Gasteiger partial charge on any atom is 0.306 e. The van der Waals surface area contributed by atoms with Gasteiger partial charge in [-0.3, -0.25) is 24.2 Å². The van der Waals surface area contributed by atoms with Gasteiger partial charge in [-0.25, -0.2) is 4.98 Å². The average Bonchev–Trinajstić information content (AvgIpc) is 3.90. The van der Waals surface area contributed by atoms with Gasteiger partial charge in [-0.15, -0.1) is 0 Å². The molecule has 0 bridgehead atoms. The smallest absolute Gasteiger partial charge is 0.306 e. The standard InChI is InChI=1S/C50H56N6O7/c1-29(57)53-47(34-15-19-63-20-16-34)50(60)56-43-23-37(43)25-45(56)41-28-52-48(54-41)35-11-7-31(8-12-35)4-3-30-5-9-33(10-6-30)40-21-38(27-51-40)44-24-36-22-42(36)55(44)49(59)39(26-46(58)61-2)32-13-17-62-18-14-32/h5-12,27-28,32,34,36-37,39,42-45,47H,13-26H2,1-2H3,(H,52,54)(H,53,57)/t36-,37-,39+,42-,43-,44+,45+,47+/m1/s1. The van der Waals surface area contributed by atoms with Crippen LogP contribution in [0.25, 0.3) is 11.4 Å². The number of methoxy groups -OCH3 is 1. The highest BCUT2D eigenvalue weighted by molar-refractivity contribution is 6.04. The number of fused-ring (bicyclic) bond motifs is 2. The van der Waals surface area contributed by atoms with Crippen LogP contribution in [0, 0.1) is 41.4 Å². The molecule has 5 aliphatic heterocycles. The van der Waals surface area contributed by atoms with Crippen molar-refractivity contribution < 1.29 is 33.4 Å². The van der Waals surface area contributed by atoms with E-state index in [9.17, 15) is 19.2 Å². The zero-order chi connectivity index (χ0) is 43.2. The SMILES string of the molecule is COC(=O)C[C@H](C(=O)N1[C@@H]2C[C@@H]2C[C@H]1C1=CN=C(c2ccc(C#Cc3ccc(-c4ncc([C@@H]5C[C@H]6C[C@H]6N5C(=O)[C@@H](NC(C)=O)C5CCOCC5)[nH]4)cc3)cc2)C1)C1CCOCC1. The van der Waals surface area contributed by atoms with Crippen molar-refractivity contribution in [2.45, 2.75) is 101 Å². The Balaban J connectivity index is 0.758. The molecule has 8 atom stereocenters. The lowest BCUT2D eigenvalue weighted by Crippen LogP contribution is -2.53. The fourth-order valence-corrected chi connectivity index (χ4v) is 11.1. The molecule has 6 heterocycles. The number of likely N-dealkylation sites (tertiary alicyclic amines) is 2. The summed E-state index contributed by atoms with van der Waals surface area (Å²) in [7, 11) is 1.39. The molecule has 1 aromatic heterocycles. The molecule has 0 unspecified atom stereocenters. The normalized spacial score (nSPS) is 27.3. The number of aromatic amines is 1. The molecular formula is C50H56N6O7. The number of benzene rings is 2. The molecule has 6 fully saturated rings. The molecule has 7 aliphatic rings. The molecule has 2 N–H and O–H groups in total. The number of rotatable bonds is 11. The first-order chi connectivity index (χ1) is 30.7. The van der Waals surface area contributed by atoms with Crippen LogP contribution in [0.5, 0.6) is 0 Å². The van der Waals surface area contributed by atoms with E-state index < -0.39 is 6.04 Å². The zero-order valence-corrected chi connectivity index (χ0v) is 36.1. The van der Waals surface area contributed by atoms with Crippen LogP contribution in [0.15, 0.2) is 71.5 Å². The van der Waals surface area contributed by atoms with Crippen LogP contribution < -0.4 is 5.32 Å². The Hall–Kier alpha value is -5.58. The summed E-state index contributed by atoms with van der Waals surface area (Å²) in [5.74, 6) is 7.70. The third kappa shape index (κ3) is 8.60. The van der Waals surface area contributed by atoms with Crippen molar-refractivity contribution in [1.29, 1.82) is 0 Å². The number of imidazole rings is 1. The van der Waals surface area contributed by atoms with Gasteiger partial charge < -0.3 is 34.3 Å². The van der Waals surface area contributed by atoms with E-state index in [0.717, 1.165) is 96.4 Å². The number of nitrogens with one attached hydrogen (secondary N) is 2. The lowest BCUT2D eigenvalue weighted by molar-refractivity contribution is -0.150. The number of H-pyrrole nitrogens is 1. The Morgan fingerprint density at radius 1 is 0.794 bits per heavy atom. The zero-order valence-electron chi connectivity index (χ0n) is 36.1. The van der Waals surface area contributed by atoms with Crippen molar-refractivity contribution >= 4 is 29.4 Å². The van der Waals surface area contributed by atoms with E-state index in [1.807, 2.05) is 53.7 Å². The van der Waals surface area contributed by atoms with Crippen molar-refractivity contribution in [2.24, 2.45) is 34.6 Å².